The summed E-state index contributed by atoms with van der Waals surface area (Å²) in [5, 5.41) is 0. The maximum absolute atomic E-state index is 11.0. The highest BCUT2D eigenvalue weighted by atomic mass is 16.5. The van der Waals surface area contributed by atoms with E-state index < -0.39 is 0 Å². The number of esters is 1. The van der Waals surface area contributed by atoms with Gasteiger partial charge >= 0.3 is 5.97 Å². The second-order valence-electron chi connectivity index (χ2n) is 2.72. The maximum Gasteiger partial charge on any atom is 0.333 e. The highest BCUT2D eigenvalue weighted by Crippen LogP contribution is 2.11. The van der Waals surface area contributed by atoms with Crippen molar-refractivity contribution in [3.8, 4) is 0 Å². The second-order valence-corrected chi connectivity index (χ2v) is 2.72. The third-order valence-electron chi connectivity index (χ3n) is 1.86. The summed E-state index contributed by atoms with van der Waals surface area (Å²) in [5.41, 5.74) is 1.78. The van der Waals surface area contributed by atoms with E-state index in [1.165, 1.54) is 7.11 Å². The molecule has 0 aromatic carbocycles. The Morgan fingerprint density at radius 3 is 2.50 bits per heavy atom. The van der Waals surface area contributed by atoms with E-state index in [9.17, 15) is 4.79 Å². The molecule has 0 atom stereocenters. The van der Waals surface area contributed by atoms with E-state index >= 15 is 0 Å². The molecular weight excluding hydrogens is 152 g/mol. The summed E-state index contributed by atoms with van der Waals surface area (Å²) >= 11 is 0. The molecule has 0 amide bonds. The molecule has 0 aromatic rings. The van der Waals surface area contributed by atoms with E-state index in [1.54, 1.807) is 6.92 Å². The molecule has 0 saturated carbocycles. The van der Waals surface area contributed by atoms with Gasteiger partial charge in [-0.1, -0.05) is 11.6 Å². The van der Waals surface area contributed by atoms with Crippen LogP contribution in [-0.4, -0.2) is 13.1 Å². The van der Waals surface area contributed by atoms with Crippen LogP contribution in [0, 0.1) is 0 Å². The molecule has 0 aliphatic carbocycles. The molecule has 0 aliphatic heterocycles. The van der Waals surface area contributed by atoms with E-state index in [0.717, 1.165) is 18.4 Å². The van der Waals surface area contributed by atoms with Crippen LogP contribution in [-0.2, 0) is 9.53 Å². The van der Waals surface area contributed by atoms with Crippen molar-refractivity contribution in [3.63, 3.8) is 0 Å². The van der Waals surface area contributed by atoms with Crippen LogP contribution in [0.1, 0.15) is 26.7 Å². The van der Waals surface area contributed by atoms with Gasteiger partial charge in [-0.2, -0.15) is 0 Å². The molecular formula is C10H16O2. The van der Waals surface area contributed by atoms with Gasteiger partial charge in [0.15, 0.2) is 0 Å². The Morgan fingerprint density at radius 2 is 2.08 bits per heavy atom. The number of hydrogen-bond acceptors (Lipinski definition) is 2. The zero-order chi connectivity index (χ0) is 9.56. The van der Waals surface area contributed by atoms with E-state index in [2.05, 4.69) is 11.3 Å². The number of hydrogen-bond donors (Lipinski definition) is 0. The van der Waals surface area contributed by atoms with Gasteiger partial charge in [0.25, 0.3) is 0 Å². The Bertz CT molecular complexity index is 202. The molecule has 0 spiro atoms. The van der Waals surface area contributed by atoms with Crippen LogP contribution in [0.3, 0.4) is 0 Å². The fraction of sp³-hybridized carbons (Fsp3) is 0.500. The van der Waals surface area contributed by atoms with Crippen LogP contribution < -0.4 is 0 Å². The van der Waals surface area contributed by atoms with Gasteiger partial charge in [-0.25, -0.2) is 4.79 Å². The normalized spacial score (nSPS) is 11.9. The Hall–Kier alpha value is -1.05. The van der Waals surface area contributed by atoms with Gasteiger partial charge in [-0.05, 0) is 26.7 Å². The first-order chi connectivity index (χ1) is 5.63. The first-order valence-corrected chi connectivity index (χ1v) is 3.99. The van der Waals surface area contributed by atoms with Crippen LogP contribution in [0.15, 0.2) is 23.8 Å². The SMILES string of the molecule is C=CCCC(C)=C(C)C(=O)OC. The summed E-state index contributed by atoms with van der Waals surface area (Å²) in [6.45, 7) is 7.34. The zero-order valence-corrected chi connectivity index (χ0v) is 8.02. The molecule has 0 fully saturated rings. The van der Waals surface area contributed by atoms with Gasteiger partial charge in [0, 0.05) is 5.57 Å². The van der Waals surface area contributed by atoms with Gasteiger partial charge in [-0.15, -0.1) is 6.58 Å². The molecule has 0 heterocycles. The number of ether oxygens (including phenoxy) is 1. The van der Waals surface area contributed by atoms with E-state index in [0.29, 0.717) is 5.57 Å². The molecule has 2 heteroatoms. The number of allylic oxidation sites excluding steroid dienone is 2. The standard InChI is InChI=1S/C10H16O2/c1-5-6-7-8(2)9(3)10(11)12-4/h5H,1,6-7H2,2-4H3. The van der Waals surface area contributed by atoms with E-state index in [4.69, 9.17) is 0 Å². The van der Waals surface area contributed by atoms with Crippen molar-refractivity contribution in [2.75, 3.05) is 7.11 Å². The molecule has 0 radical (unpaired) electrons. The van der Waals surface area contributed by atoms with Crippen LogP contribution in [0.5, 0.6) is 0 Å². The van der Waals surface area contributed by atoms with E-state index in [-0.39, 0.29) is 5.97 Å². The zero-order valence-electron chi connectivity index (χ0n) is 8.02. The monoisotopic (exact) mass is 168 g/mol. The van der Waals surface area contributed by atoms with Gasteiger partial charge in [0.2, 0.25) is 0 Å². The molecule has 0 bridgehead atoms. The Kier molecular flexibility index (Phi) is 5.09. The number of methoxy groups -OCH3 is 1. The molecule has 2 nitrogen and oxygen atoms in total. The highest BCUT2D eigenvalue weighted by molar-refractivity contribution is 5.88. The molecule has 0 aromatic heterocycles. The summed E-state index contributed by atoms with van der Waals surface area (Å²) in [7, 11) is 1.40. The topological polar surface area (TPSA) is 26.3 Å². The molecule has 0 aliphatic rings. The van der Waals surface area contributed by atoms with Gasteiger partial charge < -0.3 is 4.74 Å². The van der Waals surface area contributed by atoms with Crippen molar-refractivity contribution in [2.45, 2.75) is 26.7 Å². The lowest BCUT2D eigenvalue weighted by Crippen LogP contribution is -2.03. The van der Waals surface area contributed by atoms with E-state index in [1.807, 2.05) is 13.0 Å². The van der Waals surface area contributed by atoms with Crippen molar-refractivity contribution >= 4 is 5.97 Å². The minimum absolute atomic E-state index is 0.239. The Labute approximate surface area is 73.9 Å². The molecule has 0 N–H and O–H groups in total. The molecule has 12 heavy (non-hydrogen) atoms. The predicted molar refractivity (Wildman–Crippen MR) is 49.8 cm³/mol. The van der Waals surface area contributed by atoms with Gasteiger partial charge in [-0.3, -0.25) is 0 Å². The third kappa shape index (κ3) is 3.37. The summed E-state index contributed by atoms with van der Waals surface area (Å²) in [6.07, 6.45) is 3.62. The van der Waals surface area contributed by atoms with Crippen LogP contribution in [0.2, 0.25) is 0 Å². The van der Waals surface area contributed by atoms with Gasteiger partial charge in [0.05, 0.1) is 7.11 Å². The fourth-order valence-electron chi connectivity index (χ4n) is 0.833. The first kappa shape index (κ1) is 11.0. The lowest BCUT2D eigenvalue weighted by molar-refractivity contribution is -0.136. The fourth-order valence-corrected chi connectivity index (χ4v) is 0.833. The minimum atomic E-state index is -0.239. The maximum atomic E-state index is 11.0. The number of carbonyl (C=O) groups is 1. The van der Waals surface area contributed by atoms with Crippen LogP contribution >= 0.6 is 0 Å². The average Bonchev–Trinajstić information content (AvgIpc) is 2.11. The lowest BCUT2D eigenvalue weighted by atomic mass is 10.1. The second kappa shape index (κ2) is 5.58. The Balaban J connectivity index is 4.24. The minimum Gasteiger partial charge on any atom is -0.466 e. The van der Waals surface area contributed by atoms with Crippen LogP contribution in [0.25, 0.3) is 0 Å². The summed E-state index contributed by atoms with van der Waals surface area (Å²) < 4.78 is 4.59. The molecule has 0 saturated heterocycles. The van der Waals surface area contributed by atoms with Crippen molar-refractivity contribution < 1.29 is 9.53 Å². The number of carbonyl (C=O) groups excluding carboxylic acids is 1. The predicted octanol–water partition coefficient (Wildman–Crippen LogP) is 2.46. The van der Waals surface area contributed by atoms with Crippen molar-refractivity contribution in [3.05, 3.63) is 23.8 Å². The van der Waals surface area contributed by atoms with Crippen molar-refractivity contribution in [1.82, 2.24) is 0 Å². The van der Waals surface area contributed by atoms with Crippen LogP contribution in [0.4, 0.5) is 0 Å². The highest BCUT2D eigenvalue weighted by Gasteiger charge is 2.05. The molecule has 68 valence electrons. The average molecular weight is 168 g/mol. The summed E-state index contributed by atoms with van der Waals surface area (Å²) in [6, 6.07) is 0. The summed E-state index contributed by atoms with van der Waals surface area (Å²) in [4.78, 5) is 11.0. The lowest BCUT2D eigenvalue weighted by Gasteiger charge is -2.03. The summed E-state index contributed by atoms with van der Waals surface area (Å²) in [5.74, 6) is -0.239. The van der Waals surface area contributed by atoms with Crippen molar-refractivity contribution in [2.24, 2.45) is 0 Å². The molecule has 0 unspecified atom stereocenters. The quantitative estimate of drug-likeness (QED) is 0.366. The molecule has 0 rings (SSSR count). The third-order valence-corrected chi connectivity index (χ3v) is 1.86. The van der Waals surface area contributed by atoms with Crippen molar-refractivity contribution in [1.29, 1.82) is 0 Å². The van der Waals surface area contributed by atoms with Gasteiger partial charge in [0.1, 0.15) is 0 Å². The Morgan fingerprint density at radius 1 is 1.50 bits per heavy atom. The smallest absolute Gasteiger partial charge is 0.333 e. The largest absolute Gasteiger partial charge is 0.466 e. The first-order valence-electron chi connectivity index (χ1n) is 3.99. The number of rotatable bonds is 4.